The molecule has 0 bridgehead atoms. The quantitative estimate of drug-likeness (QED) is 0.503. The average molecular weight is 552 g/mol. The van der Waals surface area contributed by atoms with Crippen molar-refractivity contribution in [2.45, 2.75) is 82.8 Å². The van der Waals surface area contributed by atoms with Gasteiger partial charge >= 0.3 is 0 Å². The number of nitrogens with zero attached hydrogens (tertiary/aromatic N) is 3. The normalized spacial score (nSPS) is 24.7. The molecule has 208 valence electrons. The molecule has 1 aromatic carbocycles. The Kier molecular flexibility index (Phi) is 8.50. The van der Waals surface area contributed by atoms with Gasteiger partial charge in [0.15, 0.2) is 5.69 Å². The van der Waals surface area contributed by atoms with E-state index in [-0.39, 0.29) is 23.9 Å². The van der Waals surface area contributed by atoms with Crippen LogP contribution in [-0.4, -0.2) is 49.0 Å². The van der Waals surface area contributed by atoms with Crippen molar-refractivity contribution in [3.63, 3.8) is 0 Å². The molecule has 1 aliphatic heterocycles. The lowest BCUT2D eigenvalue weighted by Gasteiger charge is -2.33. The first kappa shape index (κ1) is 27.6. The van der Waals surface area contributed by atoms with E-state index >= 15 is 0 Å². The Hall–Kier alpha value is -3.00. The first-order valence-electron chi connectivity index (χ1n) is 14.0. The summed E-state index contributed by atoms with van der Waals surface area (Å²) in [5.74, 6) is 1.08. The second kappa shape index (κ2) is 12.0. The standard InChI is InChI=1S/C29H37N5O4S/c1-20-15-25(32-29(35)27-17-28(38-33-27)23-9-10-23)3-2-4-26(16-20)39(36,37)34-13-11-24(12-14-34)31-19-22-7-5-21(18-30)6-8-22/h4-8,17,20,23-25,31H,2-3,9-16,19H2,1H3,(H,32,35)/b26-4-/t20?,25-/m1/s1. The number of carbonyl (C=O) groups is 1. The molecule has 2 N–H and O–H groups in total. The molecule has 9 nitrogen and oxygen atoms in total. The van der Waals surface area contributed by atoms with Crippen molar-refractivity contribution in [2.24, 2.45) is 5.92 Å². The lowest BCUT2D eigenvalue weighted by atomic mass is 9.92. The lowest BCUT2D eigenvalue weighted by Crippen LogP contribution is -2.45. The van der Waals surface area contributed by atoms with Gasteiger partial charge in [-0.2, -0.15) is 9.57 Å². The summed E-state index contributed by atoms with van der Waals surface area (Å²) in [7, 11) is -3.51. The molecule has 2 aliphatic carbocycles. The molecule has 0 radical (unpaired) electrons. The van der Waals surface area contributed by atoms with E-state index in [1.165, 1.54) is 0 Å². The van der Waals surface area contributed by atoms with E-state index < -0.39 is 10.0 Å². The number of hydrogen-bond acceptors (Lipinski definition) is 7. The molecule has 1 aromatic heterocycles. The van der Waals surface area contributed by atoms with E-state index in [0.717, 1.165) is 37.0 Å². The Morgan fingerprint density at radius 2 is 1.87 bits per heavy atom. The molecule has 2 fully saturated rings. The third kappa shape index (κ3) is 6.96. The van der Waals surface area contributed by atoms with E-state index in [2.05, 4.69) is 28.8 Å². The van der Waals surface area contributed by atoms with Crippen molar-refractivity contribution in [1.29, 1.82) is 5.26 Å². The van der Waals surface area contributed by atoms with Crippen LogP contribution in [0.25, 0.3) is 0 Å². The number of nitriles is 1. The monoisotopic (exact) mass is 551 g/mol. The SMILES string of the molecule is CC1C/C(S(=O)(=O)N2CCC(NCc3ccc(C#N)cc3)CC2)=C/CC[C@@H](NC(=O)c2cc(C3CC3)on2)C1. The van der Waals surface area contributed by atoms with Gasteiger partial charge in [-0.1, -0.05) is 30.3 Å². The largest absolute Gasteiger partial charge is 0.360 e. The van der Waals surface area contributed by atoms with Gasteiger partial charge in [-0.15, -0.1) is 0 Å². The molecule has 5 rings (SSSR count). The highest BCUT2D eigenvalue weighted by atomic mass is 32.2. The van der Waals surface area contributed by atoms with Crippen LogP contribution in [0.3, 0.4) is 0 Å². The summed E-state index contributed by atoms with van der Waals surface area (Å²) in [5.41, 5.74) is 2.07. The molecule has 0 spiro atoms. The molecule has 1 unspecified atom stereocenters. The zero-order valence-electron chi connectivity index (χ0n) is 22.4. The molecular formula is C29H37N5O4S. The van der Waals surface area contributed by atoms with Crippen LogP contribution in [0.1, 0.15) is 91.6 Å². The van der Waals surface area contributed by atoms with E-state index in [1.807, 2.05) is 30.3 Å². The van der Waals surface area contributed by atoms with Gasteiger partial charge in [-0.25, -0.2) is 8.42 Å². The summed E-state index contributed by atoms with van der Waals surface area (Å²) in [6, 6.07) is 11.6. The highest BCUT2D eigenvalue weighted by Gasteiger charge is 2.33. The third-order valence-corrected chi connectivity index (χ3v) is 10.0. The van der Waals surface area contributed by atoms with Crippen LogP contribution in [0, 0.1) is 17.2 Å². The van der Waals surface area contributed by atoms with Gasteiger partial charge < -0.3 is 15.2 Å². The first-order valence-corrected chi connectivity index (χ1v) is 15.4. The summed E-state index contributed by atoms with van der Waals surface area (Å²) in [6.45, 7) is 3.74. The maximum atomic E-state index is 13.5. The van der Waals surface area contributed by atoms with Gasteiger partial charge in [0.05, 0.1) is 16.5 Å². The summed E-state index contributed by atoms with van der Waals surface area (Å²) >= 11 is 0. The first-order chi connectivity index (χ1) is 18.8. The molecule has 1 saturated carbocycles. The van der Waals surface area contributed by atoms with Crippen LogP contribution in [0.4, 0.5) is 0 Å². The van der Waals surface area contributed by atoms with Crippen molar-refractivity contribution in [1.82, 2.24) is 20.1 Å². The molecule has 1 amide bonds. The maximum Gasteiger partial charge on any atom is 0.273 e. The van der Waals surface area contributed by atoms with Crippen LogP contribution >= 0.6 is 0 Å². The van der Waals surface area contributed by atoms with Crippen LogP contribution in [0.15, 0.2) is 45.8 Å². The van der Waals surface area contributed by atoms with Gasteiger partial charge in [-0.3, -0.25) is 4.79 Å². The van der Waals surface area contributed by atoms with E-state index in [4.69, 9.17) is 9.78 Å². The highest BCUT2D eigenvalue weighted by Crippen LogP contribution is 2.40. The number of piperidine rings is 1. The van der Waals surface area contributed by atoms with Gasteiger partial charge in [0.1, 0.15) is 5.76 Å². The maximum absolute atomic E-state index is 13.5. The number of rotatable bonds is 8. The average Bonchev–Trinajstić information content (AvgIpc) is 3.66. The Morgan fingerprint density at radius 3 is 2.56 bits per heavy atom. The molecular weight excluding hydrogens is 514 g/mol. The Balaban J connectivity index is 1.11. The molecule has 2 aromatic rings. The lowest BCUT2D eigenvalue weighted by molar-refractivity contribution is 0.0920. The summed E-state index contributed by atoms with van der Waals surface area (Å²) in [4.78, 5) is 13.2. The molecule has 10 heteroatoms. The number of amides is 1. The highest BCUT2D eigenvalue weighted by molar-refractivity contribution is 7.93. The molecule has 2 atom stereocenters. The number of nitrogens with one attached hydrogen (secondary N) is 2. The van der Waals surface area contributed by atoms with Gasteiger partial charge in [0.2, 0.25) is 10.0 Å². The predicted molar refractivity (Wildman–Crippen MR) is 147 cm³/mol. The Bertz CT molecular complexity index is 1330. The second-order valence-corrected chi connectivity index (χ2v) is 13.2. The smallest absolute Gasteiger partial charge is 0.273 e. The fourth-order valence-corrected chi connectivity index (χ4v) is 7.39. The zero-order chi connectivity index (χ0) is 27.4. The summed E-state index contributed by atoms with van der Waals surface area (Å²) in [5, 5.41) is 19.5. The van der Waals surface area contributed by atoms with Crippen LogP contribution in [-0.2, 0) is 16.6 Å². The second-order valence-electron chi connectivity index (χ2n) is 11.2. The number of aromatic nitrogens is 1. The minimum absolute atomic E-state index is 0.0352. The van der Waals surface area contributed by atoms with Crippen molar-refractivity contribution >= 4 is 15.9 Å². The van der Waals surface area contributed by atoms with Crippen molar-refractivity contribution < 1.29 is 17.7 Å². The van der Waals surface area contributed by atoms with Crippen LogP contribution in [0.2, 0.25) is 0 Å². The molecule has 3 aliphatic rings. The Morgan fingerprint density at radius 1 is 1.13 bits per heavy atom. The number of sulfonamides is 1. The third-order valence-electron chi connectivity index (χ3n) is 8.00. The summed E-state index contributed by atoms with van der Waals surface area (Å²) in [6.07, 6.45) is 8.03. The van der Waals surface area contributed by atoms with Crippen molar-refractivity contribution in [2.75, 3.05) is 13.1 Å². The Labute approximate surface area is 230 Å². The topological polar surface area (TPSA) is 128 Å². The van der Waals surface area contributed by atoms with Gasteiger partial charge in [-0.05, 0) is 75.0 Å². The summed E-state index contributed by atoms with van der Waals surface area (Å²) < 4.78 is 34.0. The van der Waals surface area contributed by atoms with Crippen LogP contribution in [0.5, 0.6) is 0 Å². The zero-order valence-corrected chi connectivity index (χ0v) is 23.3. The van der Waals surface area contributed by atoms with Gasteiger partial charge in [0.25, 0.3) is 5.91 Å². The molecule has 2 heterocycles. The fraction of sp³-hybridized carbons (Fsp3) is 0.552. The fourth-order valence-electron chi connectivity index (χ4n) is 5.54. The predicted octanol–water partition coefficient (Wildman–Crippen LogP) is 4.20. The van der Waals surface area contributed by atoms with E-state index in [1.54, 1.807) is 10.4 Å². The van der Waals surface area contributed by atoms with Gasteiger partial charge in [0, 0.05) is 43.7 Å². The number of benzene rings is 1. The van der Waals surface area contributed by atoms with E-state index in [0.29, 0.717) is 67.4 Å². The molecule has 39 heavy (non-hydrogen) atoms. The van der Waals surface area contributed by atoms with Crippen molar-refractivity contribution in [3.05, 3.63) is 63.9 Å². The minimum atomic E-state index is -3.51. The number of hydrogen-bond donors (Lipinski definition) is 2. The minimum Gasteiger partial charge on any atom is -0.360 e. The molecule has 1 saturated heterocycles. The number of allylic oxidation sites excluding steroid dienone is 2. The number of carbonyl (C=O) groups excluding carboxylic acids is 1. The van der Waals surface area contributed by atoms with Crippen molar-refractivity contribution in [3.8, 4) is 6.07 Å². The van der Waals surface area contributed by atoms with Crippen LogP contribution < -0.4 is 10.6 Å². The van der Waals surface area contributed by atoms with E-state index in [9.17, 15) is 13.2 Å².